The Kier molecular flexibility index (Phi) is 7.78. The summed E-state index contributed by atoms with van der Waals surface area (Å²) in [5, 5.41) is 3.93. The Morgan fingerprint density at radius 3 is 2.28 bits per heavy atom. The SMILES string of the molecule is CCS(=O)(=O)N(CC(=O)N/N=C\c1ccc(C(C)C)cc1)c1ccc(OC)cc1. The van der Waals surface area contributed by atoms with Crippen LogP contribution in [0.2, 0.25) is 0 Å². The molecule has 2 aromatic rings. The lowest BCUT2D eigenvalue weighted by Crippen LogP contribution is -2.40. The van der Waals surface area contributed by atoms with Gasteiger partial charge in [0.15, 0.2) is 0 Å². The summed E-state index contributed by atoms with van der Waals surface area (Å²) >= 11 is 0. The molecular weight excluding hydrogens is 390 g/mol. The Labute approximate surface area is 172 Å². The van der Waals surface area contributed by atoms with E-state index >= 15 is 0 Å². The average molecular weight is 418 g/mol. The molecule has 0 heterocycles. The van der Waals surface area contributed by atoms with Crippen molar-refractivity contribution in [3.63, 3.8) is 0 Å². The molecule has 8 heteroatoms. The van der Waals surface area contributed by atoms with Gasteiger partial charge in [0.25, 0.3) is 5.91 Å². The minimum atomic E-state index is -3.64. The summed E-state index contributed by atoms with van der Waals surface area (Å²) in [4.78, 5) is 12.3. The van der Waals surface area contributed by atoms with E-state index in [1.54, 1.807) is 24.3 Å². The summed E-state index contributed by atoms with van der Waals surface area (Å²) in [6, 6.07) is 14.3. The highest BCUT2D eigenvalue weighted by Gasteiger charge is 2.23. The van der Waals surface area contributed by atoms with Crippen molar-refractivity contribution in [3.05, 3.63) is 59.7 Å². The summed E-state index contributed by atoms with van der Waals surface area (Å²) in [7, 11) is -2.11. The predicted molar refractivity (Wildman–Crippen MR) is 116 cm³/mol. The second-order valence-corrected chi connectivity index (χ2v) is 8.90. The molecule has 0 aromatic heterocycles. The summed E-state index contributed by atoms with van der Waals surface area (Å²) in [5.74, 6) is 0.371. The minimum Gasteiger partial charge on any atom is -0.497 e. The molecule has 0 fully saturated rings. The topological polar surface area (TPSA) is 88.1 Å². The Balaban J connectivity index is 2.07. The second kappa shape index (κ2) is 10.1. The van der Waals surface area contributed by atoms with Crippen LogP contribution in [0.1, 0.15) is 37.8 Å². The van der Waals surface area contributed by atoms with E-state index in [2.05, 4.69) is 24.4 Å². The highest BCUT2D eigenvalue weighted by molar-refractivity contribution is 7.92. The number of carbonyl (C=O) groups excluding carboxylic acids is 1. The van der Waals surface area contributed by atoms with Crippen molar-refractivity contribution in [1.82, 2.24) is 5.43 Å². The number of hydrogen-bond donors (Lipinski definition) is 1. The van der Waals surface area contributed by atoms with Crippen LogP contribution < -0.4 is 14.5 Å². The lowest BCUT2D eigenvalue weighted by atomic mass is 10.0. The zero-order chi connectivity index (χ0) is 21.4. The Bertz CT molecular complexity index is 937. The molecule has 1 amide bonds. The van der Waals surface area contributed by atoms with Crippen LogP contribution in [0.25, 0.3) is 0 Å². The van der Waals surface area contributed by atoms with E-state index in [1.807, 2.05) is 24.3 Å². The van der Waals surface area contributed by atoms with Gasteiger partial charge in [0.1, 0.15) is 12.3 Å². The summed E-state index contributed by atoms with van der Waals surface area (Å²) < 4.78 is 31.1. The number of nitrogens with one attached hydrogen (secondary N) is 1. The van der Waals surface area contributed by atoms with Gasteiger partial charge in [-0.15, -0.1) is 0 Å². The monoisotopic (exact) mass is 417 g/mol. The quantitative estimate of drug-likeness (QED) is 0.502. The second-order valence-electron chi connectivity index (χ2n) is 6.72. The maximum absolute atomic E-state index is 12.4. The Morgan fingerprint density at radius 2 is 1.76 bits per heavy atom. The van der Waals surface area contributed by atoms with E-state index in [1.165, 1.54) is 25.8 Å². The van der Waals surface area contributed by atoms with Crippen molar-refractivity contribution in [2.24, 2.45) is 5.10 Å². The number of carbonyl (C=O) groups is 1. The molecule has 0 atom stereocenters. The first kappa shape index (κ1) is 22.4. The molecule has 156 valence electrons. The van der Waals surface area contributed by atoms with E-state index in [0.29, 0.717) is 17.4 Å². The molecule has 2 rings (SSSR count). The van der Waals surface area contributed by atoms with Crippen LogP contribution in [-0.2, 0) is 14.8 Å². The van der Waals surface area contributed by atoms with Gasteiger partial charge in [0.2, 0.25) is 10.0 Å². The van der Waals surface area contributed by atoms with Crippen molar-refractivity contribution >= 4 is 27.8 Å². The van der Waals surface area contributed by atoms with Crippen molar-refractivity contribution in [2.75, 3.05) is 23.7 Å². The van der Waals surface area contributed by atoms with Gasteiger partial charge in [0.05, 0.1) is 24.8 Å². The molecule has 0 aliphatic heterocycles. The van der Waals surface area contributed by atoms with E-state index in [-0.39, 0.29) is 12.3 Å². The summed E-state index contributed by atoms with van der Waals surface area (Å²) in [5.41, 5.74) is 4.82. The van der Waals surface area contributed by atoms with Gasteiger partial charge in [-0.25, -0.2) is 13.8 Å². The fourth-order valence-corrected chi connectivity index (χ4v) is 3.63. The van der Waals surface area contributed by atoms with Gasteiger partial charge in [-0.05, 0) is 48.2 Å². The van der Waals surface area contributed by atoms with E-state index in [4.69, 9.17) is 4.74 Å². The van der Waals surface area contributed by atoms with Crippen molar-refractivity contribution in [2.45, 2.75) is 26.7 Å². The van der Waals surface area contributed by atoms with Crippen LogP contribution in [-0.4, -0.2) is 39.9 Å². The number of benzene rings is 2. The van der Waals surface area contributed by atoms with Crippen LogP contribution in [0, 0.1) is 0 Å². The maximum Gasteiger partial charge on any atom is 0.260 e. The Morgan fingerprint density at radius 1 is 1.14 bits per heavy atom. The number of hydrazone groups is 1. The van der Waals surface area contributed by atoms with Crippen LogP contribution in [0.3, 0.4) is 0 Å². The van der Waals surface area contributed by atoms with E-state index in [0.717, 1.165) is 9.87 Å². The largest absolute Gasteiger partial charge is 0.497 e. The normalized spacial score (nSPS) is 11.6. The van der Waals surface area contributed by atoms with Gasteiger partial charge < -0.3 is 4.74 Å². The van der Waals surface area contributed by atoms with Crippen LogP contribution in [0.5, 0.6) is 5.75 Å². The lowest BCUT2D eigenvalue weighted by Gasteiger charge is -2.23. The molecule has 0 unspecified atom stereocenters. The zero-order valence-corrected chi connectivity index (χ0v) is 17.9. The van der Waals surface area contributed by atoms with Gasteiger partial charge in [-0.2, -0.15) is 5.10 Å². The molecular formula is C21H27N3O4S. The highest BCUT2D eigenvalue weighted by Crippen LogP contribution is 2.22. The van der Waals surface area contributed by atoms with Gasteiger partial charge in [-0.1, -0.05) is 38.1 Å². The van der Waals surface area contributed by atoms with Crippen LogP contribution >= 0.6 is 0 Å². The fraction of sp³-hybridized carbons (Fsp3) is 0.333. The number of hydrogen-bond acceptors (Lipinski definition) is 5. The molecule has 0 spiro atoms. The van der Waals surface area contributed by atoms with Gasteiger partial charge in [0, 0.05) is 0 Å². The molecule has 0 saturated heterocycles. The number of ether oxygens (including phenoxy) is 1. The molecule has 2 aromatic carbocycles. The van der Waals surface area contributed by atoms with Gasteiger partial charge >= 0.3 is 0 Å². The zero-order valence-electron chi connectivity index (χ0n) is 17.1. The number of sulfonamides is 1. The van der Waals surface area contributed by atoms with Gasteiger partial charge in [-0.3, -0.25) is 9.10 Å². The Hall–Kier alpha value is -2.87. The standard InChI is InChI=1S/C21H27N3O4S/c1-5-29(26,27)24(19-10-12-20(28-4)13-11-19)15-21(25)23-22-14-17-6-8-18(9-7-17)16(2)3/h6-14,16H,5,15H2,1-4H3,(H,23,25)/b22-14-. The smallest absolute Gasteiger partial charge is 0.260 e. The third-order valence-electron chi connectivity index (χ3n) is 4.35. The maximum atomic E-state index is 12.4. The van der Waals surface area contributed by atoms with Crippen molar-refractivity contribution in [3.8, 4) is 5.75 Å². The van der Waals surface area contributed by atoms with Crippen molar-refractivity contribution < 1.29 is 17.9 Å². The third-order valence-corrected chi connectivity index (χ3v) is 6.10. The first-order chi connectivity index (χ1) is 13.8. The third kappa shape index (κ3) is 6.32. The number of rotatable bonds is 9. The average Bonchev–Trinajstić information content (AvgIpc) is 2.72. The molecule has 1 N–H and O–H groups in total. The van der Waals surface area contributed by atoms with E-state index < -0.39 is 15.9 Å². The number of amides is 1. The first-order valence-electron chi connectivity index (χ1n) is 9.33. The summed E-state index contributed by atoms with van der Waals surface area (Å²) in [6.45, 7) is 5.39. The predicted octanol–water partition coefficient (Wildman–Crippen LogP) is 3.13. The number of nitrogens with zero attached hydrogens (tertiary/aromatic N) is 2. The van der Waals surface area contributed by atoms with Crippen molar-refractivity contribution in [1.29, 1.82) is 0 Å². The first-order valence-corrected chi connectivity index (χ1v) is 10.9. The fourth-order valence-electron chi connectivity index (χ4n) is 2.57. The number of methoxy groups -OCH3 is 1. The van der Waals surface area contributed by atoms with E-state index in [9.17, 15) is 13.2 Å². The number of anilines is 1. The minimum absolute atomic E-state index is 0.127. The highest BCUT2D eigenvalue weighted by atomic mass is 32.2. The molecule has 0 aliphatic carbocycles. The van der Waals surface area contributed by atoms with Crippen LogP contribution in [0.15, 0.2) is 53.6 Å². The molecule has 29 heavy (non-hydrogen) atoms. The molecule has 7 nitrogen and oxygen atoms in total. The molecule has 0 saturated carbocycles. The molecule has 0 radical (unpaired) electrons. The lowest BCUT2D eigenvalue weighted by molar-refractivity contribution is -0.119. The van der Waals surface area contributed by atoms with Crippen LogP contribution in [0.4, 0.5) is 5.69 Å². The molecule has 0 aliphatic rings. The molecule has 0 bridgehead atoms. The summed E-state index contributed by atoms with van der Waals surface area (Å²) in [6.07, 6.45) is 1.52.